The van der Waals surface area contributed by atoms with Crippen LogP contribution in [0.25, 0.3) is 0 Å². The van der Waals surface area contributed by atoms with E-state index in [0.717, 1.165) is 62.1 Å². The summed E-state index contributed by atoms with van der Waals surface area (Å²) in [6.45, 7) is 9.43. The number of morpholine rings is 1. The average Bonchev–Trinajstić information content (AvgIpc) is 2.61. The Morgan fingerprint density at radius 3 is 2.39 bits per heavy atom. The van der Waals surface area contributed by atoms with Gasteiger partial charge in [0, 0.05) is 31.3 Å². The van der Waals surface area contributed by atoms with Gasteiger partial charge in [-0.2, -0.15) is 0 Å². The molecule has 1 aromatic rings. The van der Waals surface area contributed by atoms with Gasteiger partial charge in [-0.15, -0.1) is 0 Å². The third kappa shape index (κ3) is 4.75. The molecule has 0 aromatic heterocycles. The zero-order valence-electron chi connectivity index (χ0n) is 14.8. The van der Waals surface area contributed by atoms with Gasteiger partial charge in [-0.25, -0.2) is 0 Å². The van der Waals surface area contributed by atoms with Crippen LogP contribution in [0.2, 0.25) is 0 Å². The Kier molecular flexibility index (Phi) is 6.99. The molecular formula is C18H29NO4. The molecule has 0 radical (unpaired) electrons. The lowest BCUT2D eigenvalue weighted by molar-refractivity contribution is 0.0321. The third-order valence-electron chi connectivity index (χ3n) is 4.43. The lowest BCUT2D eigenvalue weighted by atomic mass is 9.97. The van der Waals surface area contributed by atoms with E-state index in [9.17, 15) is 0 Å². The summed E-state index contributed by atoms with van der Waals surface area (Å²) in [6, 6.07) is 3.98. The summed E-state index contributed by atoms with van der Waals surface area (Å²) in [6.07, 6.45) is 1.05. The van der Waals surface area contributed by atoms with Crippen LogP contribution in [0.1, 0.15) is 31.7 Å². The molecule has 1 atom stereocenters. The summed E-state index contributed by atoms with van der Waals surface area (Å²) >= 11 is 0. The van der Waals surface area contributed by atoms with E-state index in [0.29, 0.717) is 12.5 Å². The Bertz CT molecular complexity index is 486. The molecule has 1 fully saturated rings. The van der Waals surface area contributed by atoms with Gasteiger partial charge >= 0.3 is 0 Å². The fourth-order valence-electron chi connectivity index (χ4n) is 2.72. The standard InChI is InChI=1S/C18H29NO4/c1-5-14(2)15-12-17(21-4)18(13-16(15)20-3)23-11-8-19-6-9-22-10-7-19/h12-14H,5-11H2,1-4H3. The first-order chi connectivity index (χ1) is 11.2. The van der Waals surface area contributed by atoms with Gasteiger partial charge in [0.2, 0.25) is 0 Å². The van der Waals surface area contributed by atoms with Crippen molar-refractivity contribution in [2.75, 3.05) is 53.7 Å². The van der Waals surface area contributed by atoms with Gasteiger partial charge < -0.3 is 18.9 Å². The highest BCUT2D eigenvalue weighted by atomic mass is 16.5. The van der Waals surface area contributed by atoms with Crippen molar-refractivity contribution < 1.29 is 18.9 Å². The summed E-state index contributed by atoms with van der Waals surface area (Å²) in [5, 5.41) is 0. The maximum atomic E-state index is 5.95. The van der Waals surface area contributed by atoms with E-state index in [1.54, 1.807) is 14.2 Å². The van der Waals surface area contributed by atoms with Crippen molar-refractivity contribution in [3.63, 3.8) is 0 Å². The molecule has 2 rings (SSSR count). The minimum Gasteiger partial charge on any atom is -0.496 e. The van der Waals surface area contributed by atoms with Crippen molar-refractivity contribution in [2.45, 2.75) is 26.2 Å². The average molecular weight is 323 g/mol. The summed E-state index contributed by atoms with van der Waals surface area (Å²) < 4.78 is 22.4. The fraction of sp³-hybridized carbons (Fsp3) is 0.667. The van der Waals surface area contributed by atoms with Crippen LogP contribution in [0.4, 0.5) is 0 Å². The van der Waals surface area contributed by atoms with Crippen molar-refractivity contribution in [2.24, 2.45) is 0 Å². The van der Waals surface area contributed by atoms with Crippen LogP contribution in [0.5, 0.6) is 17.2 Å². The van der Waals surface area contributed by atoms with Gasteiger partial charge in [-0.1, -0.05) is 13.8 Å². The molecule has 1 aliphatic heterocycles. The number of hydrogen-bond donors (Lipinski definition) is 0. The molecule has 1 aromatic carbocycles. The van der Waals surface area contributed by atoms with Crippen LogP contribution in [0.15, 0.2) is 12.1 Å². The van der Waals surface area contributed by atoms with E-state index in [4.69, 9.17) is 18.9 Å². The van der Waals surface area contributed by atoms with Gasteiger partial charge in [-0.3, -0.25) is 4.90 Å². The molecule has 0 spiro atoms. The van der Waals surface area contributed by atoms with E-state index >= 15 is 0 Å². The fourth-order valence-corrected chi connectivity index (χ4v) is 2.72. The molecule has 0 N–H and O–H groups in total. The maximum absolute atomic E-state index is 5.95. The number of ether oxygens (including phenoxy) is 4. The molecule has 5 heteroatoms. The lowest BCUT2D eigenvalue weighted by Crippen LogP contribution is -2.38. The molecule has 0 saturated carbocycles. The number of hydrogen-bond acceptors (Lipinski definition) is 5. The second-order valence-electron chi connectivity index (χ2n) is 5.86. The summed E-state index contributed by atoms with van der Waals surface area (Å²) in [4.78, 5) is 2.35. The highest BCUT2D eigenvalue weighted by Crippen LogP contribution is 2.39. The molecule has 23 heavy (non-hydrogen) atoms. The predicted octanol–water partition coefficient (Wildman–Crippen LogP) is 2.93. The first-order valence-corrected chi connectivity index (χ1v) is 8.38. The van der Waals surface area contributed by atoms with Gasteiger partial charge in [0.15, 0.2) is 11.5 Å². The Morgan fingerprint density at radius 1 is 1.09 bits per heavy atom. The van der Waals surface area contributed by atoms with Gasteiger partial charge in [0.05, 0.1) is 27.4 Å². The van der Waals surface area contributed by atoms with Crippen molar-refractivity contribution in [3.05, 3.63) is 17.7 Å². The molecule has 5 nitrogen and oxygen atoms in total. The topological polar surface area (TPSA) is 40.2 Å². The Hall–Kier alpha value is -1.46. The van der Waals surface area contributed by atoms with Crippen LogP contribution in [0, 0.1) is 0 Å². The monoisotopic (exact) mass is 323 g/mol. The van der Waals surface area contributed by atoms with E-state index in [-0.39, 0.29) is 0 Å². The summed E-state index contributed by atoms with van der Waals surface area (Å²) in [7, 11) is 3.38. The molecule has 0 amide bonds. The number of methoxy groups -OCH3 is 2. The number of benzene rings is 1. The van der Waals surface area contributed by atoms with Crippen LogP contribution < -0.4 is 14.2 Å². The normalized spacial score (nSPS) is 16.9. The zero-order valence-corrected chi connectivity index (χ0v) is 14.8. The minimum atomic E-state index is 0.418. The van der Waals surface area contributed by atoms with Crippen molar-refractivity contribution in [3.8, 4) is 17.2 Å². The first-order valence-electron chi connectivity index (χ1n) is 8.38. The lowest BCUT2D eigenvalue weighted by Gasteiger charge is -2.26. The molecule has 1 aliphatic rings. The van der Waals surface area contributed by atoms with Crippen LogP contribution in [-0.4, -0.2) is 58.6 Å². The van der Waals surface area contributed by atoms with Gasteiger partial charge in [0.25, 0.3) is 0 Å². The molecule has 0 aliphatic carbocycles. The highest BCUT2D eigenvalue weighted by Gasteiger charge is 2.17. The molecule has 130 valence electrons. The van der Waals surface area contributed by atoms with Crippen LogP contribution in [0.3, 0.4) is 0 Å². The van der Waals surface area contributed by atoms with E-state index in [1.807, 2.05) is 12.1 Å². The SMILES string of the molecule is CCC(C)c1cc(OC)c(OCCN2CCOCC2)cc1OC. The van der Waals surface area contributed by atoms with Gasteiger partial charge in [-0.05, 0) is 18.4 Å². The number of rotatable bonds is 8. The van der Waals surface area contributed by atoms with E-state index in [1.165, 1.54) is 0 Å². The number of nitrogens with zero attached hydrogens (tertiary/aromatic N) is 1. The van der Waals surface area contributed by atoms with Crippen LogP contribution >= 0.6 is 0 Å². The van der Waals surface area contributed by atoms with E-state index < -0.39 is 0 Å². The van der Waals surface area contributed by atoms with Crippen molar-refractivity contribution >= 4 is 0 Å². The molecule has 1 saturated heterocycles. The first kappa shape index (κ1) is 17.9. The second-order valence-corrected chi connectivity index (χ2v) is 5.86. The Labute approximate surface area is 139 Å². The summed E-state index contributed by atoms with van der Waals surface area (Å²) in [5.74, 6) is 2.79. The molecule has 1 unspecified atom stereocenters. The van der Waals surface area contributed by atoms with Crippen molar-refractivity contribution in [1.82, 2.24) is 4.90 Å². The van der Waals surface area contributed by atoms with E-state index in [2.05, 4.69) is 18.7 Å². The second kappa shape index (κ2) is 8.99. The molecular weight excluding hydrogens is 294 g/mol. The van der Waals surface area contributed by atoms with Crippen molar-refractivity contribution in [1.29, 1.82) is 0 Å². The van der Waals surface area contributed by atoms with Crippen LogP contribution in [-0.2, 0) is 4.74 Å². The third-order valence-corrected chi connectivity index (χ3v) is 4.43. The molecule has 1 heterocycles. The zero-order chi connectivity index (χ0) is 16.7. The maximum Gasteiger partial charge on any atom is 0.164 e. The van der Waals surface area contributed by atoms with Gasteiger partial charge in [0.1, 0.15) is 12.4 Å². The highest BCUT2D eigenvalue weighted by molar-refractivity contribution is 5.51. The quantitative estimate of drug-likeness (QED) is 0.735. The minimum absolute atomic E-state index is 0.418. The summed E-state index contributed by atoms with van der Waals surface area (Å²) in [5.41, 5.74) is 1.16. The Morgan fingerprint density at radius 2 is 1.78 bits per heavy atom. The molecule has 0 bridgehead atoms. The Balaban J connectivity index is 2.04. The smallest absolute Gasteiger partial charge is 0.164 e. The largest absolute Gasteiger partial charge is 0.496 e. The predicted molar refractivity (Wildman–Crippen MR) is 91.0 cm³/mol.